The number of amides is 1. The van der Waals surface area contributed by atoms with Gasteiger partial charge in [0.15, 0.2) is 0 Å². The summed E-state index contributed by atoms with van der Waals surface area (Å²) in [5.74, 6) is 0.110. The summed E-state index contributed by atoms with van der Waals surface area (Å²) < 4.78 is 1.78. The van der Waals surface area contributed by atoms with Crippen molar-refractivity contribution >= 4 is 5.91 Å². The van der Waals surface area contributed by atoms with Crippen molar-refractivity contribution in [1.82, 2.24) is 20.0 Å². The Labute approximate surface area is 108 Å². The Balaban J connectivity index is 2.30. The Kier molecular flexibility index (Phi) is 3.43. The van der Waals surface area contributed by atoms with E-state index in [-0.39, 0.29) is 11.9 Å². The van der Waals surface area contributed by atoms with Crippen LogP contribution < -0.4 is 5.32 Å². The molecule has 1 aliphatic rings. The molecule has 18 heavy (non-hydrogen) atoms. The van der Waals surface area contributed by atoms with Crippen LogP contribution in [0, 0.1) is 13.8 Å². The summed E-state index contributed by atoms with van der Waals surface area (Å²) in [6.45, 7) is 9.64. The number of carbonyl (C=O) groups is 1. The number of carbonyl (C=O) groups excluding carboxylic acids is 1. The fourth-order valence-electron chi connectivity index (χ4n) is 2.53. The predicted octanol–water partition coefficient (Wildman–Crippen LogP) is 0.859. The van der Waals surface area contributed by atoms with E-state index in [1.165, 1.54) is 0 Å². The minimum atomic E-state index is 0.110. The van der Waals surface area contributed by atoms with Gasteiger partial charge in [0.25, 0.3) is 5.91 Å². The fourth-order valence-corrected chi connectivity index (χ4v) is 2.53. The van der Waals surface area contributed by atoms with Gasteiger partial charge >= 0.3 is 0 Å². The lowest BCUT2D eigenvalue weighted by Crippen LogP contribution is -2.56. The lowest BCUT2D eigenvalue weighted by molar-refractivity contribution is 0.0614. The molecule has 1 amide bonds. The van der Waals surface area contributed by atoms with Gasteiger partial charge in [-0.05, 0) is 27.7 Å². The van der Waals surface area contributed by atoms with Crippen LogP contribution in [-0.2, 0) is 7.05 Å². The van der Waals surface area contributed by atoms with E-state index in [2.05, 4.69) is 24.3 Å². The van der Waals surface area contributed by atoms with E-state index in [9.17, 15) is 4.79 Å². The highest BCUT2D eigenvalue weighted by Crippen LogP contribution is 2.18. The van der Waals surface area contributed by atoms with Crippen molar-refractivity contribution in [1.29, 1.82) is 0 Å². The van der Waals surface area contributed by atoms with E-state index in [0.717, 1.165) is 30.0 Å². The standard InChI is InChI=1S/C13H22N4O/c1-8-7-17(9(2)6-14-8)13(18)12-10(3)15-16(5)11(12)4/h8-9,14H,6-7H2,1-5H3. The normalized spacial score (nSPS) is 24.4. The van der Waals surface area contributed by atoms with Crippen molar-refractivity contribution in [3.63, 3.8) is 0 Å². The van der Waals surface area contributed by atoms with Crippen molar-refractivity contribution in [2.75, 3.05) is 13.1 Å². The molecule has 5 heteroatoms. The van der Waals surface area contributed by atoms with Crippen LogP contribution in [0.5, 0.6) is 0 Å². The third kappa shape index (κ3) is 2.14. The van der Waals surface area contributed by atoms with E-state index in [4.69, 9.17) is 0 Å². The Hall–Kier alpha value is -1.36. The lowest BCUT2D eigenvalue weighted by atomic mass is 10.1. The van der Waals surface area contributed by atoms with Gasteiger partial charge < -0.3 is 10.2 Å². The molecular weight excluding hydrogens is 228 g/mol. The summed E-state index contributed by atoms with van der Waals surface area (Å²) in [7, 11) is 1.88. The van der Waals surface area contributed by atoms with Crippen molar-refractivity contribution in [2.24, 2.45) is 7.05 Å². The van der Waals surface area contributed by atoms with Crippen LogP contribution in [-0.4, -0.2) is 45.8 Å². The highest BCUT2D eigenvalue weighted by atomic mass is 16.2. The van der Waals surface area contributed by atoms with Crippen LogP contribution in [0.4, 0.5) is 0 Å². The molecule has 1 fully saturated rings. The Morgan fingerprint density at radius 1 is 1.39 bits per heavy atom. The lowest BCUT2D eigenvalue weighted by Gasteiger charge is -2.37. The van der Waals surface area contributed by atoms with Crippen LogP contribution in [0.3, 0.4) is 0 Å². The maximum atomic E-state index is 12.7. The maximum Gasteiger partial charge on any atom is 0.257 e. The van der Waals surface area contributed by atoms with E-state index < -0.39 is 0 Å². The summed E-state index contributed by atoms with van der Waals surface area (Å²) in [5.41, 5.74) is 2.52. The zero-order valence-corrected chi connectivity index (χ0v) is 11.8. The van der Waals surface area contributed by atoms with Gasteiger partial charge in [-0.15, -0.1) is 0 Å². The summed E-state index contributed by atoms with van der Waals surface area (Å²) in [6.07, 6.45) is 0. The minimum Gasteiger partial charge on any atom is -0.333 e. The minimum absolute atomic E-state index is 0.110. The second kappa shape index (κ2) is 4.72. The van der Waals surface area contributed by atoms with Crippen molar-refractivity contribution in [2.45, 2.75) is 39.8 Å². The molecule has 0 aliphatic carbocycles. The van der Waals surface area contributed by atoms with Crippen molar-refractivity contribution in [3.05, 3.63) is 17.0 Å². The predicted molar refractivity (Wildman–Crippen MR) is 70.6 cm³/mol. The number of nitrogens with zero attached hydrogens (tertiary/aromatic N) is 3. The SMILES string of the molecule is Cc1nn(C)c(C)c1C(=O)N1CC(C)NCC1C. The molecule has 0 aromatic carbocycles. The molecule has 0 radical (unpaired) electrons. The van der Waals surface area contributed by atoms with E-state index >= 15 is 0 Å². The molecule has 100 valence electrons. The molecule has 5 nitrogen and oxygen atoms in total. The number of rotatable bonds is 1. The Morgan fingerprint density at radius 3 is 2.61 bits per heavy atom. The average molecular weight is 250 g/mol. The monoisotopic (exact) mass is 250 g/mol. The number of aryl methyl sites for hydroxylation is 2. The van der Waals surface area contributed by atoms with Crippen LogP contribution in [0.1, 0.15) is 35.6 Å². The van der Waals surface area contributed by atoms with E-state index in [0.29, 0.717) is 6.04 Å². The average Bonchev–Trinajstić information content (AvgIpc) is 2.56. The van der Waals surface area contributed by atoms with Crippen LogP contribution >= 0.6 is 0 Å². The molecule has 2 rings (SSSR count). The number of aromatic nitrogens is 2. The van der Waals surface area contributed by atoms with E-state index in [1.54, 1.807) is 4.68 Å². The van der Waals surface area contributed by atoms with Crippen molar-refractivity contribution in [3.8, 4) is 0 Å². The largest absolute Gasteiger partial charge is 0.333 e. The molecule has 1 aromatic heterocycles. The molecule has 1 aliphatic heterocycles. The Morgan fingerprint density at radius 2 is 2.06 bits per heavy atom. The molecule has 0 bridgehead atoms. The third-order valence-corrected chi connectivity index (χ3v) is 3.75. The van der Waals surface area contributed by atoms with Gasteiger partial charge in [0.05, 0.1) is 11.3 Å². The Bertz CT molecular complexity index is 466. The summed E-state index contributed by atoms with van der Waals surface area (Å²) in [6, 6.07) is 0.579. The topological polar surface area (TPSA) is 50.2 Å². The first-order chi connectivity index (χ1) is 8.41. The van der Waals surface area contributed by atoms with Crippen LogP contribution in [0.15, 0.2) is 0 Å². The molecule has 1 N–H and O–H groups in total. The summed E-state index contributed by atoms with van der Waals surface area (Å²) >= 11 is 0. The van der Waals surface area contributed by atoms with Crippen molar-refractivity contribution < 1.29 is 4.79 Å². The number of hydrogen-bond acceptors (Lipinski definition) is 3. The molecule has 0 spiro atoms. The quantitative estimate of drug-likeness (QED) is 0.804. The van der Waals surface area contributed by atoms with Gasteiger partial charge in [-0.1, -0.05) is 0 Å². The summed E-state index contributed by atoms with van der Waals surface area (Å²) in [4.78, 5) is 14.6. The first-order valence-electron chi connectivity index (χ1n) is 6.46. The first kappa shape index (κ1) is 13.1. The second-order valence-electron chi connectivity index (χ2n) is 5.29. The molecule has 1 saturated heterocycles. The highest BCUT2D eigenvalue weighted by Gasteiger charge is 2.30. The van der Waals surface area contributed by atoms with Gasteiger partial charge in [0, 0.05) is 37.9 Å². The smallest absolute Gasteiger partial charge is 0.257 e. The zero-order valence-electron chi connectivity index (χ0n) is 11.8. The van der Waals surface area contributed by atoms with Gasteiger partial charge in [0.1, 0.15) is 0 Å². The number of hydrogen-bond donors (Lipinski definition) is 1. The van der Waals surface area contributed by atoms with Gasteiger partial charge in [-0.25, -0.2) is 0 Å². The molecular formula is C13H22N4O. The maximum absolute atomic E-state index is 12.7. The second-order valence-corrected chi connectivity index (χ2v) is 5.29. The molecule has 1 aromatic rings. The first-order valence-corrected chi connectivity index (χ1v) is 6.46. The zero-order chi connectivity index (χ0) is 13.4. The van der Waals surface area contributed by atoms with Gasteiger partial charge in [0.2, 0.25) is 0 Å². The molecule has 2 heterocycles. The molecule has 2 atom stereocenters. The third-order valence-electron chi connectivity index (χ3n) is 3.75. The molecule has 2 unspecified atom stereocenters. The van der Waals surface area contributed by atoms with Crippen LogP contribution in [0.2, 0.25) is 0 Å². The fraction of sp³-hybridized carbons (Fsp3) is 0.692. The van der Waals surface area contributed by atoms with Gasteiger partial charge in [-0.2, -0.15) is 5.10 Å². The van der Waals surface area contributed by atoms with Gasteiger partial charge in [-0.3, -0.25) is 9.48 Å². The van der Waals surface area contributed by atoms with Crippen LogP contribution in [0.25, 0.3) is 0 Å². The molecule has 0 saturated carbocycles. The number of piperazine rings is 1. The van der Waals surface area contributed by atoms with E-state index in [1.807, 2.05) is 25.8 Å². The number of nitrogens with one attached hydrogen (secondary N) is 1. The highest BCUT2D eigenvalue weighted by molar-refractivity contribution is 5.96. The summed E-state index contributed by atoms with van der Waals surface area (Å²) in [5, 5.41) is 7.71.